The lowest BCUT2D eigenvalue weighted by molar-refractivity contribution is 0.304. The Morgan fingerprint density at radius 3 is 2.25 bits per heavy atom. The Morgan fingerprint density at radius 2 is 1.75 bits per heavy atom. The van der Waals surface area contributed by atoms with Crippen molar-refractivity contribution in [3.8, 4) is 0 Å². The molecule has 1 heterocycles. The van der Waals surface area contributed by atoms with E-state index in [0.717, 1.165) is 25.0 Å². The van der Waals surface area contributed by atoms with E-state index in [9.17, 15) is 0 Å². The molecule has 0 bridgehead atoms. The summed E-state index contributed by atoms with van der Waals surface area (Å²) in [4.78, 5) is 2.46. The highest BCUT2D eigenvalue weighted by Gasteiger charge is 2.16. The summed E-state index contributed by atoms with van der Waals surface area (Å²) in [6, 6.07) is 8.69. The van der Waals surface area contributed by atoms with E-state index in [1.54, 1.807) is 0 Å². The van der Waals surface area contributed by atoms with E-state index >= 15 is 0 Å². The molecular weight excluding hydrogens is 214 g/mol. The van der Waals surface area contributed by atoms with Crippen LogP contribution in [0.5, 0.6) is 0 Å². The lowest BCUT2D eigenvalue weighted by Gasteiger charge is -2.11. The normalized spacial score (nSPS) is 16.4. The molecule has 1 nitrogen and oxygen atoms in total. The summed E-state index contributed by atoms with van der Waals surface area (Å²) in [6.07, 6.45) is 0. The number of rotatable bonds is 2. The van der Waals surface area contributed by atoms with Gasteiger partial charge in [-0.1, -0.05) is 40.2 Å². The van der Waals surface area contributed by atoms with Crippen molar-refractivity contribution in [3.63, 3.8) is 0 Å². The number of hydrogen-bond donors (Lipinski definition) is 0. The quantitative estimate of drug-likeness (QED) is 0.700. The maximum atomic E-state index is 3.46. The first-order valence-corrected chi connectivity index (χ1v) is 5.37. The lowest BCUT2D eigenvalue weighted by Crippen LogP contribution is -2.18. The second-order valence-electron chi connectivity index (χ2n) is 3.17. The van der Waals surface area contributed by atoms with Gasteiger partial charge in [0, 0.05) is 25.0 Å². The Bertz CT molecular complexity index is 247. The molecule has 2 rings (SSSR count). The molecule has 0 saturated carbocycles. The molecule has 1 aromatic rings. The van der Waals surface area contributed by atoms with E-state index < -0.39 is 0 Å². The van der Waals surface area contributed by atoms with Crippen molar-refractivity contribution < 1.29 is 0 Å². The Hall–Kier alpha value is -0.340. The molecule has 1 aliphatic heterocycles. The number of alkyl halides is 1. The van der Waals surface area contributed by atoms with Gasteiger partial charge in [-0.15, -0.1) is 0 Å². The summed E-state index contributed by atoms with van der Waals surface area (Å²) >= 11 is 3.46. The first-order valence-electron chi connectivity index (χ1n) is 4.25. The second-order valence-corrected chi connectivity index (χ2v) is 3.96. The van der Waals surface area contributed by atoms with Crippen molar-refractivity contribution >= 4 is 15.9 Å². The molecule has 0 aliphatic carbocycles. The first kappa shape index (κ1) is 8.27. The van der Waals surface area contributed by atoms with Crippen LogP contribution in [0.4, 0.5) is 0 Å². The molecule has 2 heteroatoms. The van der Waals surface area contributed by atoms with Crippen molar-refractivity contribution in [2.75, 3.05) is 11.9 Å². The Balaban J connectivity index is 2.11. The summed E-state index contributed by atoms with van der Waals surface area (Å²) in [5.74, 6) is 0. The number of hydrogen-bond acceptors (Lipinski definition) is 1. The fourth-order valence-corrected chi connectivity index (χ4v) is 2.18. The largest absolute Gasteiger partial charge is 0.294 e. The minimum atomic E-state index is 1.07. The first-order chi connectivity index (χ1) is 5.90. The van der Waals surface area contributed by atoms with Crippen LogP contribution in [0.1, 0.15) is 11.1 Å². The van der Waals surface area contributed by atoms with Gasteiger partial charge >= 0.3 is 0 Å². The smallest absolute Gasteiger partial charge is 0.0240 e. The fourth-order valence-electron chi connectivity index (χ4n) is 1.68. The minimum absolute atomic E-state index is 1.07. The zero-order chi connectivity index (χ0) is 8.39. The van der Waals surface area contributed by atoms with E-state index in [1.807, 2.05) is 0 Å². The Labute approximate surface area is 81.5 Å². The van der Waals surface area contributed by atoms with Crippen molar-refractivity contribution in [2.24, 2.45) is 0 Å². The van der Waals surface area contributed by atoms with Gasteiger partial charge in [0.05, 0.1) is 0 Å². The molecule has 0 unspecified atom stereocenters. The van der Waals surface area contributed by atoms with Gasteiger partial charge in [-0.3, -0.25) is 4.90 Å². The third-order valence-electron chi connectivity index (χ3n) is 2.31. The maximum absolute atomic E-state index is 3.46. The average molecular weight is 226 g/mol. The van der Waals surface area contributed by atoms with Crippen molar-refractivity contribution in [1.29, 1.82) is 0 Å². The molecule has 0 fully saturated rings. The lowest BCUT2D eigenvalue weighted by atomic mass is 10.1. The standard InChI is InChI=1S/C10H12BrN/c11-5-6-12-7-9-3-1-2-4-10(9)8-12/h1-4H,5-8H2. The van der Waals surface area contributed by atoms with Crippen LogP contribution in [-0.2, 0) is 13.1 Å². The number of benzene rings is 1. The van der Waals surface area contributed by atoms with E-state index in [2.05, 4.69) is 45.1 Å². The molecule has 0 atom stereocenters. The third-order valence-corrected chi connectivity index (χ3v) is 2.66. The monoisotopic (exact) mass is 225 g/mol. The van der Waals surface area contributed by atoms with Gasteiger partial charge in [0.25, 0.3) is 0 Å². The molecule has 0 N–H and O–H groups in total. The van der Waals surface area contributed by atoms with Crippen LogP contribution >= 0.6 is 15.9 Å². The molecule has 0 aromatic heterocycles. The zero-order valence-electron chi connectivity index (χ0n) is 6.96. The van der Waals surface area contributed by atoms with Crippen LogP contribution in [-0.4, -0.2) is 16.8 Å². The summed E-state index contributed by atoms with van der Waals surface area (Å²) in [5.41, 5.74) is 3.00. The van der Waals surface area contributed by atoms with Crippen molar-refractivity contribution in [1.82, 2.24) is 4.90 Å². The van der Waals surface area contributed by atoms with E-state index in [4.69, 9.17) is 0 Å². The number of nitrogens with zero attached hydrogens (tertiary/aromatic N) is 1. The highest BCUT2D eigenvalue weighted by Crippen LogP contribution is 2.21. The SMILES string of the molecule is BrCCN1Cc2ccccc2C1. The highest BCUT2D eigenvalue weighted by molar-refractivity contribution is 9.09. The molecule has 0 radical (unpaired) electrons. The second kappa shape index (κ2) is 3.58. The molecule has 0 saturated heterocycles. The van der Waals surface area contributed by atoms with Crippen molar-refractivity contribution in [3.05, 3.63) is 35.4 Å². The van der Waals surface area contributed by atoms with Crippen LogP contribution in [0.15, 0.2) is 24.3 Å². The summed E-state index contributed by atoms with van der Waals surface area (Å²) in [6.45, 7) is 3.40. The third kappa shape index (κ3) is 1.54. The van der Waals surface area contributed by atoms with Crippen molar-refractivity contribution in [2.45, 2.75) is 13.1 Å². The average Bonchev–Trinajstić information content (AvgIpc) is 2.47. The molecule has 0 spiro atoms. The predicted octanol–water partition coefficient (Wildman–Crippen LogP) is 2.40. The van der Waals surface area contributed by atoms with Crippen LogP contribution < -0.4 is 0 Å². The molecule has 1 aromatic carbocycles. The van der Waals surface area contributed by atoms with E-state index in [1.165, 1.54) is 11.1 Å². The van der Waals surface area contributed by atoms with Gasteiger partial charge < -0.3 is 0 Å². The summed E-state index contributed by atoms with van der Waals surface area (Å²) in [5, 5.41) is 1.07. The van der Waals surface area contributed by atoms with Gasteiger partial charge in [0.2, 0.25) is 0 Å². The van der Waals surface area contributed by atoms with Crippen LogP contribution in [0.25, 0.3) is 0 Å². The van der Waals surface area contributed by atoms with E-state index in [0.29, 0.717) is 0 Å². The molecule has 1 aliphatic rings. The highest BCUT2D eigenvalue weighted by atomic mass is 79.9. The summed E-state index contributed by atoms with van der Waals surface area (Å²) in [7, 11) is 0. The Kier molecular flexibility index (Phi) is 2.47. The van der Waals surface area contributed by atoms with Crippen LogP contribution in [0.3, 0.4) is 0 Å². The summed E-state index contributed by atoms with van der Waals surface area (Å²) < 4.78 is 0. The molecule has 12 heavy (non-hydrogen) atoms. The minimum Gasteiger partial charge on any atom is -0.294 e. The number of fused-ring (bicyclic) bond motifs is 1. The number of halogens is 1. The van der Waals surface area contributed by atoms with Gasteiger partial charge in [-0.25, -0.2) is 0 Å². The van der Waals surface area contributed by atoms with Gasteiger partial charge in [0.1, 0.15) is 0 Å². The van der Waals surface area contributed by atoms with Crippen LogP contribution in [0.2, 0.25) is 0 Å². The molecular formula is C10H12BrN. The molecule has 0 amide bonds. The zero-order valence-corrected chi connectivity index (χ0v) is 8.55. The van der Waals surface area contributed by atoms with E-state index in [-0.39, 0.29) is 0 Å². The molecule has 64 valence electrons. The van der Waals surface area contributed by atoms with Gasteiger partial charge in [-0.05, 0) is 11.1 Å². The maximum Gasteiger partial charge on any atom is 0.0240 e. The van der Waals surface area contributed by atoms with Gasteiger partial charge in [0.15, 0.2) is 0 Å². The fraction of sp³-hybridized carbons (Fsp3) is 0.400. The van der Waals surface area contributed by atoms with Crippen LogP contribution in [0, 0.1) is 0 Å². The topological polar surface area (TPSA) is 3.24 Å². The predicted molar refractivity (Wildman–Crippen MR) is 54.4 cm³/mol. The van der Waals surface area contributed by atoms with Gasteiger partial charge in [-0.2, -0.15) is 0 Å². The Morgan fingerprint density at radius 1 is 1.17 bits per heavy atom.